The standard InChI is InChI=1S/C13H23N3O3/c1-4-5-11(6-7-17)8-14-12(18)16-13-15-9(2)10(3)19-13/h11,17H,4-8H2,1-3H3,(H2,14,15,16,18). The normalized spacial score (nSPS) is 12.2. The van der Waals surface area contributed by atoms with E-state index in [0.717, 1.165) is 18.5 Å². The molecule has 1 rings (SSSR count). The van der Waals surface area contributed by atoms with Gasteiger partial charge in [-0.1, -0.05) is 13.3 Å². The molecule has 0 bridgehead atoms. The fourth-order valence-electron chi connectivity index (χ4n) is 1.84. The molecule has 0 aromatic carbocycles. The molecule has 6 heteroatoms. The first-order chi connectivity index (χ1) is 9.06. The Morgan fingerprint density at radius 1 is 1.42 bits per heavy atom. The van der Waals surface area contributed by atoms with Crippen molar-refractivity contribution in [1.29, 1.82) is 0 Å². The molecule has 0 saturated heterocycles. The Morgan fingerprint density at radius 3 is 2.68 bits per heavy atom. The second kappa shape index (κ2) is 7.78. The number of aryl methyl sites for hydroxylation is 2. The highest BCUT2D eigenvalue weighted by molar-refractivity contribution is 5.86. The number of nitrogens with one attached hydrogen (secondary N) is 2. The summed E-state index contributed by atoms with van der Waals surface area (Å²) < 4.78 is 5.26. The number of oxazole rings is 1. The lowest BCUT2D eigenvalue weighted by Gasteiger charge is -2.15. The third-order valence-electron chi connectivity index (χ3n) is 3.03. The Morgan fingerprint density at radius 2 is 2.16 bits per heavy atom. The minimum atomic E-state index is -0.333. The summed E-state index contributed by atoms with van der Waals surface area (Å²) in [6.45, 7) is 6.39. The number of aromatic nitrogens is 1. The first-order valence-electron chi connectivity index (χ1n) is 6.66. The molecule has 0 aliphatic heterocycles. The van der Waals surface area contributed by atoms with Gasteiger partial charge >= 0.3 is 12.0 Å². The Labute approximate surface area is 113 Å². The Hall–Kier alpha value is -1.56. The van der Waals surface area contributed by atoms with E-state index >= 15 is 0 Å². The highest BCUT2D eigenvalue weighted by Gasteiger charge is 2.12. The van der Waals surface area contributed by atoms with Crippen LogP contribution in [0.3, 0.4) is 0 Å². The first kappa shape index (κ1) is 15.5. The van der Waals surface area contributed by atoms with Crippen molar-refractivity contribution in [3.63, 3.8) is 0 Å². The van der Waals surface area contributed by atoms with Crippen LogP contribution in [0.1, 0.15) is 37.6 Å². The molecule has 2 amide bonds. The summed E-state index contributed by atoms with van der Waals surface area (Å²) in [6.07, 6.45) is 2.72. The van der Waals surface area contributed by atoms with Gasteiger partial charge < -0.3 is 14.8 Å². The molecule has 0 aliphatic carbocycles. The predicted molar refractivity (Wildman–Crippen MR) is 73.1 cm³/mol. The molecule has 0 radical (unpaired) electrons. The van der Waals surface area contributed by atoms with Gasteiger partial charge in [0.15, 0.2) is 0 Å². The molecule has 0 spiro atoms. The SMILES string of the molecule is CCCC(CCO)CNC(=O)Nc1nc(C)c(C)o1. The molecule has 108 valence electrons. The molecular weight excluding hydrogens is 246 g/mol. The molecule has 0 fully saturated rings. The van der Waals surface area contributed by atoms with Gasteiger partial charge in [0, 0.05) is 13.2 Å². The molecule has 1 aromatic rings. The predicted octanol–water partition coefficient (Wildman–Crippen LogP) is 2.21. The minimum Gasteiger partial charge on any atom is -0.428 e. The highest BCUT2D eigenvalue weighted by Crippen LogP contribution is 2.13. The third kappa shape index (κ3) is 5.30. The number of carbonyl (C=O) groups is 1. The number of urea groups is 1. The lowest BCUT2D eigenvalue weighted by atomic mass is 10.0. The summed E-state index contributed by atoms with van der Waals surface area (Å²) in [6, 6.07) is -0.123. The van der Waals surface area contributed by atoms with Crippen LogP contribution in [0.15, 0.2) is 4.42 Å². The van der Waals surface area contributed by atoms with Crippen molar-refractivity contribution < 1.29 is 14.3 Å². The van der Waals surface area contributed by atoms with E-state index in [1.54, 1.807) is 6.92 Å². The number of aliphatic hydroxyl groups excluding tert-OH is 1. The van der Waals surface area contributed by atoms with Crippen LogP contribution in [0.25, 0.3) is 0 Å². The van der Waals surface area contributed by atoms with Crippen LogP contribution in [0.4, 0.5) is 10.8 Å². The maximum atomic E-state index is 11.7. The smallest absolute Gasteiger partial charge is 0.322 e. The van der Waals surface area contributed by atoms with Crippen molar-refractivity contribution in [1.82, 2.24) is 10.3 Å². The molecule has 1 unspecified atom stereocenters. The van der Waals surface area contributed by atoms with E-state index in [-0.39, 0.29) is 18.7 Å². The summed E-state index contributed by atoms with van der Waals surface area (Å²) in [7, 11) is 0. The van der Waals surface area contributed by atoms with Crippen LogP contribution in [0.5, 0.6) is 0 Å². The van der Waals surface area contributed by atoms with Gasteiger partial charge in [-0.2, -0.15) is 4.98 Å². The summed E-state index contributed by atoms with van der Waals surface area (Å²) >= 11 is 0. The largest absolute Gasteiger partial charge is 0.428 e. The summed E-state index contributed by atoms with van der Waals surface area (Å²) in [4.78, 5) is 15.7. The number of rotatable bonds is 7. The van der Waals surface area contributed by atoms with E-state index in [1.807, 2.05) is 6.92 Å². The van der Waals surface area contributed by atoms with Crippen LogP contribution in [0.2, 0.25) is 0 Å². The number of aliphatic hydroxyl groups is 1. The summed E-state index contributed by atoms with van der Waals surface area (Å²) in [5.41, 5.74) is 0.763. The van der Waals surface area contributed by atoms with Crippen molar-refractivity contribution >= 4 is 12.0 Å². The zero-order chi connectivity index (χ0) is 14.3. The molecule has 0 saturated carbocycles. The van der Waals surface area contributed by atoms with Crippen LogP contribution in [0, 0.1) is 19.8 Å². The Bertz CT molecular complexity index is 378. The van der Waals surface area contributed by atoms with Gasteiger partial charge in [-0.05, 0) is 32.6 Å². The zero-order valence-electron chi connectivity index (χ0n) is 11.8. The van der Waals surface area contributed by atoms with Gasteiger partial charge in [0.2, 0.25) is 0 Å². The monoisotopic (exact) mass is 269 g/mol. The van der Waals surface area contributed by atoms with Gasteiger partial charge in [0.1, 0.15) is 5.76 Å². The summed E-state index contributed by atoms with van der Waals surface area (Å²) in [5, 5.41) is 14.3. The van der Waals surface area contributed by atoms with Gasteiger partial charge in [-0.3, -0.25) is 5.32 Å². The van der Waals surface area contributed by atoms with Crippen molar-refractivity contribution in [2.75, 3.05) is 18.5 Å². The molecule has 19 heavy (non-hydrogen) atoms. The van der Waals surface area contributed by atoms with Crippen molar-refractivity contribution in [2.45, 2.75) is 40.0 Å². The van der Waals surface area contributed by atoms with Gasteiger partial charge in [-0.15, -0.1) is 0 Å². The molecule has 3 N–H and O–H groups in total. The Kier molecular flexibility index (Phi) is 6.35. The van der Waals surface area contributed by atoms with Crippen molar-refractivity contribution in [3.8, 4) is 0 Å². The number of hydrogen-bond donors (Lipinski definition) is 3. The van der Waals surface area contributed by atoms with E-state index in [4.69, 9.17) is 9.52 Å². The molecule has 1 aromatic heterocycles. The minimum absolute atomic E-state index is 0.145. The van der Waals surface area contributed by atoms with E-state index in [1.165, 1.54) is 0 Å². The van der Waals surface area contributed by atoms with Crippen LogP contribution in [-0.4, -0.2) is 29.3 Å². The molecule has 1 heterocycles. The van der Waals surface area contributed by atoms with Crippen LogP contribution < -0.4 is 10.6 Å². The second-order valence-corrected chi connectivity index (χ2v) is 4.66. The Balaban J connectivity index is 2.37. The topological polar surface area (TPSA) is 87.4 Å². The number of hydrogen-bond acceptors (Lipinski definition) is 4. The number of nitrogens with zero attached hydrogens (tertiary/aromatic N) is 1. The van der Waals surface area contributed by atoms with Crippen LogP contribution in [-0.2, 0) is 0 Å². The molecule has 6 nitrogen and oxygen atoms in total. The lowest BCUT2D eigenvalue weighted by Crippen LogP contribution is -2.33. The zero-order valence-corrected chi connectivity index (χ0v) is 11.8. The number of anilines is 1. The van der Waals surface area contributed by atoms with Crippen molar-refractivity contribution in [3.05, 3.63) is 11.5 Å². The third-order valence-corrected chi connectivity index (χ3v) is 3.03. The lowest BCUT2D eigenvalue weighted by molar-refractivity contribution is 0.236. The molecule has 1 atom stereocenters. The summed E-state index contributed by atoms with van der Waals surface area (Å²) in [5.74, 6) is 0.994. The second-order valence-electron chi connectivity index (χ2n) is 4.66. The fraction of sp³-hybridized carbons (Fsp3) is 0.692. The van der Waals surface area contributed by atoms with E-state index in [0.29, 0.717) is 24.6 Å². The van der Waals surface area contributed by atoms with E-state index in [2.05, 4.69) is 22.5 Å². The van der Waals surface area contributed by atoms with E-state index in [9.17, 15) is 4.79 Å². The fourth-order valence-corrected chi connectivity index (χ4v) is 1.84. The van der Waals surface area contributed by atoms with Gasteiger partial charge in [0.25, 0.3) is 0 Å². The van der Waals surface area contributed by atoms with Crippen molar-refractivity contribution in [2.24, 2.45) is 5.92 Å². The van der Waals surface area contributed by atoms with E-state index < -0.39 is 0 Å². The number of carbonyl (C=O) groups excluding carboxylic acids is 1. The van der Waals surface area contributed by atoms with Crippen LogP contribution >= 0.6 is 0 Å². The quantitative estimate of drug-likeness (QED) is 0.708. The highest BCUT2D eigenvalue weighted by atomic mass is 16.4. The average Bonchev–Trinajstić information content (AvgIpc) is 2.66. The van der Waals surface area contributed by atoms with Gasteiger partial charge in [0.05, 0.1) is 5.69 Å². The molecule has 0 aliphatic rings. The maximum Gasteiger partial charge on any atom is 0.322 e. The first-order valence-corrected chi connectivity index (χ1v) is 6.66. The maximum absolute atomic E-state index is 11.7. The van der Waals surface area contributed by atoms with Gasteiger partial charge in [-0.25, -0.2) is 4.79 Å². The average molecular weight is 269 g/mol. The molecular formula is C13H23N3O3. The number of amides is 2.